The van der Waals surface area contributed by atoms with Crippen molar-refractivity contribution < 1.29 is 22.6 Å². The highest BCUT2D eigenvalue weighted by Crippen LogP contribution is 2.28. The zero-order valence-corrected chi connectivity index (χ0v) is 16.6. The molecule has 1 unspecified atom stereocenters. The highest BCUT2D eigenvalue weighted by atomic mass is 19.4. The van der Waals surface area contributed by atoms with Gasteiger partial charge in [0, 0.05) is 32.7 Å². The lowest BCUT2D eigenvalue weighted by molar-refractivity contribution is -0.143. The van der Waals surface area contributed by atoms with E-state index in [4.69, 9.17) is 9.47 Å². The molecule has 1 atom stereocenters. The fourth-order valence-electron chi connectivity index (χ4n) is 3.07. The van der Waals surface area contributed by atoms with E-state index >= 15 is 0 Å². The van der Waals surface area contributed by atoms with Gasteiger partial charge in [0.1, 0.15) is 0 Å². The van der Waals surface area contributed by atoms with Crippen molar-refractivity contribution in [1.82, 2.24) is 15.5 Å². The molecule has 0 spiro atoms. The van der Waals surface area contributed by atoms with E-state index < -0.39 is 12.7 Å². The second-order valence-corrected chi connectivity index (χ2v) is 6.74. The fraction of sp³-hybridized carbons (Fsp3) is 0.632. The molecule has 1 aliphatic rings. The van der Waals surface area contributed by atoms with E-state index in [0.717, 1.165) is 12.0 Å². The van der Waals surface area contributed by atoms with Crippen molar-refractivity contribution in [2.45, 2.75) is 38.5 Å². The predicted molar refractivity (Wildman–Crippen MR) is 103 cm³/mol. The minimum absolute atomic E-state index is 0.0621. The molecule has 2 rings (SSSR count). The van der Waals surface area contributed by atoms with Gasteiger partial charge in [-0.05, 0) is 30.5 Å². The van der Waals surface area contributed by atoms with Crippen LogP contribution in [0.3, 0.4) is 0 Å². The molecule has 9 heteroatoms. The number of aliphatic imine (C=N–C) groups is 1. The second-order valence-electron chi connectivity index (χ2n) is 6.74. The Balaban J connectivity index is 1.85. The van der Waals surface area contributed by atoms with E-state index in [1.165, 1.54) is 4.90 Å². The first-order chi connectivity index (χ1) is 13.3. The van der Waals surface area contributed by atoms with Crippen molar-refractivity contribution in [1.29, 1.82) is 0 Å². The van der Waals surface area contributed by atoms with Crippen LogP contribution in [0.2, 0.25) is 0 Å². The van der Waals surface area contributed by atoms with Crippen LogP contribution in [0.25, 0.3) is 0 Å². The molecule has 2 N–H and O–H groups in total. The summed E-state index contributed by atoms with van der Waals surface area (Å²) in [5.74, 6) is 1.92. The highest BCUT2D eigenvalue weighted by Gasteiger charge is 2.34. The Morgan fingerprint density at radius 2 is 2.11 bits per heavy atom. The highest BCUT2D eigenvalue weighted by molar-refractivity contribution is 5.80. The van der Waals surface area contributed by atoms with Crippen molar-refractivity contribution in [3.8, 4) is 11.5 Å². The summed E-state index contributed by atoms with van der Waals surface area (Å²) < 4.78 is 48.6. The Kier molecular flexibility index (Phi) is 8.22. The third-order valence-electron chi connectivity index (χ3n) is 4.39. The minimum atomic E-state index is -4.17. The summed E-state index contributed by atoms with van der Waals surface area (Å²) in [6.07, 6.45) is -2.61. The van der Waals surface area contributed by atoms with Gasteiger partial charge in [-0.15, -0.1) is 0 Å². The van der Waals surface area contributed by atoms with Gasteiger partial charge < -0.3 is 20.1 Å². The smallest absolute Gasteiger partial charge is 0.401 e. The third-order valence-corrected chi connectivity index (χ3v) is 4.39. The number of guanidine groups is 1. The summed E-state index contributed by atoms with van der Waals surface area (Å²) in [7, 11) is 3.23. The number of methoxy groups -OCH3 is 1. The zero-order chi connectivity index (χ0) is 20.6. The van der Waals surface area contributed by atoms with Crippen LogP contribution in [0, 0.1) is 0 Å². The quantitative estimate of drug-likeness (QED) is 0.517. The summed E-state index contributed by atoms with van der Waals surface area (Å²) in [6, 6.07) is 5.64. The Hall–Kier alpha value is -2.16. The zero-order valence-electron chi connectivity index (χ0n) is 16.6. The number of alkyl halides is 3. The van der Waals surface area contributed by atoms with E-state index in [1.54, 1.807) is 14.2 Å². The van der Waals surface area contributed by atoms with Crippen LogP contribution >= 0.6 is 0 Å². The molecule has 0 bridgehead atoms. The molecule has 0 amide bonds. The maximum absolute atomic E-state index is 12.5. The van der Waals surface area contributed by atoms with E-state index in [9.17, 15) is 13.2 Å². The molecule has 158 valence electrons. The Morgan fingerprint density at radius 1 is 1.32 bits per heavy atom. The lowest BCUT2D eigenvalue weighted by Gasteiger charge is -2.20. The summed E-state index contributed by atoms with van der Waals surface area (Å²) in [5.41, 5.74) is 0.980. The summed E-state index contributed by atoms with van der Waals surface area (Å²) >= 11 is 0. The maximum Gasteiger partial charge on any atom is 0.401 e. The van der Waals surface area contributed by atoms with E-state index in [1.807, 2.05) is 25.1 Å². The lowest BCUT2D eigenvalue weighted by Crippen LogP contribution is -2.44. The predicted octanol–water partition coefficient (Wildman–Crippen LogP) is 2.79. The van der Waals surface area contributed by atoms with E-state index in [2.05, 4.69) is 15.6 Å². The molecule has 1 fully saturated rings. The van der Waals surface area contributed by atoms with Crippen molar-refractivity contribution in [3.63, 3.8) is 0 Å². The largest absolute Gasteiger partial charge is 0.493 e. The SMILES string of the molecule is CCCOc1ccc(CNC(=NC)NC2CCN(CC(F)(F)F)C2)cc1OC. The van der Waals surface area contributed by atoms with E-state index in [0.29, 0.717) is 50.1 Å². The molecule has 0 aromatic heterocycles. The first kappa shape index (κ1) is 22.1. The van der Waals surface area contributed by atoms with Crippen molar-refractivity contribution in [2.75, 3.05) is 40.4 Å². The van der Waals surface area contributed by atoms with Gasteiger partial charge in [-0.25, -0.2) is 0 Å². The summed E-state index contributed by atoms with van der Waals surface area (Å²) in [4.78, 5) is 5.57. The first-order valence-corrected chi connectivity index (χ1v) is 9.40. The fourth-order valence-corrected chi connectivity index (χ4v) is 3.07. The number of hydrogen-bond acceptors (Lipinski definition) is 4. The maximum atomic E-state index is 12.5. The van der Waals surface area contributed by atoms with Gasteiger partial charge in [-0.1, -0.05) is 13.0 Å². The summed E-state index contributed by atoms with van der Waals surface area (Å²) in [5, 5.41) is 6.38. The number of rotatable bonds is 8. The number of nitrogens with zero attached hydrogens (tertiary/aromatic N) is 2. The standard InChI is InChI=1S/C19H29F3N4O2/c1-4-9-28-16-6-5-14(10-17(16)27-3)11-24-18(23-2)25-15-7-8-26(12-15)13-19(20,21)22/h5-6,10,15H,4,7-9,11-13H2,1-3H3,(H2,23,24,25). The topological polar surface area (TPSA) is 58.1 Å². The number of benzene rings is 1. The van der Waals surface area contributed by atoms with Gasteiger partial charge in [0.2, 0.25) is 0 Å². The third kappa shape index (κ3) is 7.10. The number of nitrogens with one attached hydrogen (secondary N) is 2. The van der Waals surface area contributed by atoms with Crippen LogP contribution in [0.4, 0.5) is 13.2 Å². The van der Waals surface area contributed by atoms with Gasteiger partial charge in [-0.3, -0.25) is 9.89 Å². The second kappa shape index (κ2) is 10.4. The minimum Gasteiger partial charge on any atom is -0.493 e. The molecule has 0 saturated carbocycles. The number of likely N-dealkylation sites (tertiary alicyclic amines) is 1. The average Bonchev–Trinajstić information content (AvgIpc) is 3.08. The van der Waals surface area contributed by atoms with Crippen LogP contribution < -0.4 is 20.1 Å². The molecule has 1 heterocycles. The molecule has 1 aromatic carbocycles. The van der Waals surface area contributed by atoms with Crippen LogP contribution in [-0.4, -0.2) is 63.5 Å². The van der Waals surface area contributed by atoms with Crippen LogP contribution in [0.15, 0.2) is 23.2 Å². The van der Waals surface area contributed by atoms with Crippen molar-refractivity contribution in [2.24, 2.45) is 4.99 Å². The molecule has 1 aromatic rings. The van der Waals surface area contributed by atoms with E-state index in [-0.39, 0.29) is 6.04 Å². The van der Waals surface area contributed by atoms with Gasteiger partial charge in [-0.2, -0.15) is 13.2 Å². The number of halogens is 3. The lowest BCUT2D eigenvalue weighted by atomic mass is 10.2. The Bertz CT molecular complexity index is 653. The number of hydrogen-bond donors (Lipinski definition) is 2. The molecular formula is C19H29F3N4O2. The first-order valence-electron chi connectivity index (χ1n) is 9.40. The monoisotopic (exact) mass is 402 g/mol. The van der Waals surface area contributed by atoms with Crippen LogP contribution in [-0.2, 0) is 6.54 Å². The molecule has 0 aliphatic carbocycles. The Labute approximate surface area is 164 Å². The van der Waals surface area contributed by atoms with Gasteiger partial charge in [0.15, 0.2) is 17.5 Å². The molecule has 1 aliphatic heterocycles. The van der Waals surface area contributed by atoms with Crippen molar-refractivity contribution >= 4 is 5.96 Å². The molecule has 28 heavy (non-hydrogen) atoms. The summed E-state index contributed by atoms with van der Waals surface area (Å²) in [6.45, 7) is 3.06. The molecule has 0 radical (unpaired) electrons. The Morgan fingerprint density at radius 3 is 2.75 bits per heavy atom. The van der Waals surface area contributed by atoms with Crippen LogP contribution in [0.5, 0.6) is 11.5 Å². The normalized spacial score (nSPS) is 18.2. The van der Waals surface area contributed by atoms with Crippen LogP contribution in [0.1, 0.15) is 25.3 Å². The number of ether oxygens (including phenoxy) is 2. The molecule has 1 saturated heterocycles. The van der Waals surface area contributed by atoms with Gasteiger partial charge in [0.25, 0.3) is 0 Å². The van der Waals surface area contributed by atoms with Gasteiger partial charge in [0.05, 0.1) is 20.3 Å². The van der Waals surface area contributed by atoms with Gasteiger partial charge >= 0.3 is 6.18 Å². The molecule has 6 nitrogen and oxygen atoms in total. The van der Waals surface area contributed by atoms with Crippen molar-refractivity contribution in [3.05, 3.63) is 23.8 Å². The molecular weight excluding hydrogens is 373 g/mol. The average molecular weight is 402 g/mol.